The topological polar surface area (TPSA) is 41.6 Å². The van der Waals surface area contributed by atoms with Crippen molar-refractivity contribution in [3.63, 3.8) is 0 Å². The number of amides is 1. The van der Waals surface area contributed by atoms with E-state index in [-0.39, 0.29) is 30.3 Å². The van der Waals surface area contributed by atoms with Gasteiger partial charge >= 0.3 is 0 Å². The molecule has 1 aromatic carbocycles. The molecule has 2 aliphatic rings. The van der Waals surface area contributed by atoms with Crippen LogP contribution >= 0.6 is 11.6 Å². The molecule has 2 fully saturated rings. The van der Waals surface area contributed by atoms with Crippen LogP contribution in [0.25, 0.3) is 0 Å². The van der Waals surface area contributed by atoms with Crippen molar-refractivity contribution < 1.29 is 9.53 Å². The molecule has 5 heteroatoms. The highest BCUT2D eigenvalue weighted by atomic mass is 35.5. The molecule has 4 atom stereocenters. The standard InChI is InChI=1S/C15H19ClN2O2/c1-9-15(19)18(13-7-8-20-10(13)2)14(17-9)11-3-5-12(16)6-4-11/h3-6,9-10,13-14,17H,7-8H2,1-2H3. The Morgan fingerprint density at radius 2 is 2.00 bits per heavy atom. The van der Waals surface area contributed by atoms with Crippen molar-refractivity contribution in [2.75, 3.05) is 6.61 Å². The normalized spacial score (nSPS) is 34.0. The van der Waals surface area contributed by atoms with Crippen LogP contribution in [0.15, 0.2) is 24.3 Å². The van der Waals surface area contributed by atoms with E-state index in [1.807, 2.05) is 43.0 Å². The Labute approximate surface area is 124 Å². The van der Waals surface area contributed by atoms with Crippen LogP contribution in [0.4, 0.5) is 0 Å². The molecule has 0 radical (unpaired) electrons. The molecule has 0 spiro atoms. The lowest BCUT2D eigenvalue weighted by Gasteiger charge is -2.32. The molecule has 3 rings (SSSR count). The SMILES string of the molecule is CC1NC(c2ccc(Cl)cc2)N(C2CCOC2C)C1=O. The molecule has 4 nitrogen and oxygen atoms in total. The first-order valence-electron chi connectivity index (χ1n) is 7.03. The number of benzene rings is 1. The number of nitrogens with one attached hydrogen (secondary N) is 1. The van der Waals surface area contributed by atoms with E-state index in [1.165, 1.54) is 0 Å². The average molecular weight is 295 g/mol. The molecule has 0 aliphatic carbocycles. The van der Waals surface area contributed by atoms with E-state index < -0.39 is 0 Å². The van der Waals surface area contributed by atoms with E-state index in [0.29, 0.717) is 5.02 Å². The fourth-order valence-corrected chi connectivity index (χ4v) is 3.21. The van der Waals surface area contributed by atoms with Crippen molar-refractivity contribution in [2.24, 2.45) is 0 Å². The van der Waals surface area contributed by atoms with Gasteiger partial charge in [-0.15, -0.1) is 0 Å². The summed E-state index contributed by atoms with van der Waals surface area (Å²) in [6.07, 6.45) is 0.885. The minimum atomic E-state index is -0.163. The molecule has 0 bridgehead atoms. The number of ether oxygens (including phenoxy) is 1. The molecule has 0 aromatic heterocycles. The van der Waals surface area contributed by atoms with Gasteiger partial charge in [-0.3, -0.25) is 10.1 Å². The van der Waals surface area contributed by atoms with Gasteiger partial charge in [0.25, 0.3) is 0 Å². The highest BCUT2D eigenvalue weighted by molar-refractivity contribution is 6.30. The van der Waals surface area contributed by atoms with Gasteiger partial charge in [0.1, 0.15) is 6.17 Å². The second-order valence-electron chi connectivity index (χ2n) is 5.52. The van der Waals surface area contributed by atoms with Gasteiger partial charge in [0.05, 0.1) is 18.2 Å². The van der Waals surface area contributed by atoms with Crippen LogP contribution in [0.1, 0.15) is 32.0 Å². The molecule has 0 saturated carbocycles. The molecular weight excluding hydrogens is 276 g/mol. The number of hydrogen-bond donors (Lipinski definition) is 1. The van der Waals surface area contributed by atoms with Crippen molar-refractivity contribution in [3.8, 4) is 0 Å². The van der Waals surface area contributed by atoms with Crippen molar-refractivity contribution in [1.82, 2.24) is 10.2 Å². The minimum absolute atomic E-state index is 0.0841. The van der Waals surface area contributed by atoms with Gasteiger partial charge in [0, 0.05) is 11.6 Å². The maximum Gasteiger partial charge on any atom is 0.241 e. The first kappa shape index (κ1) is 13.9. The molecule has 2 heterocycles. The largest absolute Gasteiger partial charge is 0.376 e. The highest BCUT2D eigenvalue weighted by Crippen LogP contribution is 2.33. The van der Waals surface area contributed by atoms with E-state index in [0.717, 1.165) is 18.6 Å². The predicted octanol–water partition coefficient (Wildman–Crippen LogP) is 2.34. The summed E-state index contributed by atoms with van der Waals surface area (Å²) in [6.45, 7) is 4.66. The Kier molecular flexibility index (Phi) is 3.71. The van der Waals surface area contributed by atoms with Crippen molar-refractivity contribution in [1.29, 1.82) is 0 Å². The van der Waals surface area contributed by atoms with Crippen LogP contribution in [0, 0.1) is 0 Å². The van der Waals surface area contributed by atoms with Gasteiger partial charge in [-0.05, 0) is 38.0 Å². The van der Waals surface area contributed by atoms with E-state index >= 15 is 0 Å². The molecule has 1 amide bonds. The fourth-order valence-electron chi connectivity index (χ4n) is 3.08. The minimum Gasteiger partial charge on any atom is -0.376 e. The maximum absolute atomic E-state index is 12.5. The zero-order valence-electron chi connectivity index (χ0n) is 11.7. The Bertz CT molecular complexity index is 505. The maximum atomic E-state index is 12.5. The molecule has 2 aliphatic heterocycles. The quantitative estimate of drug-likeness (QED) is 0.910. The molecule has 108 valence electrons. The van der Waals surface area contributed by atoms with E-state index in [4.69, 9.17) is 16.3 Å². The lowest BCUT2D eigenvalue weighted by atomic mass is 10.1. The number of carbonyl (C=O) groups is 1. The summed E-state index contributed by atoms with van der Waals surface area (Å²) < 4.78 is 5.62. The molecule has 1 aromatic rings. The third-order valence-corrected chi connectivity index (χ3v) is 4.44. The van der Waals surface area contributed by atoms with Gasteiger partial charge < -0.3 is 9.64 Å². The Balaban J connectivity index is 1.91. The first-order chi connectivity index (χ1) is 9.58. The Hall–Kier alpha value is -1.10. The van der Waals surface area contributed by atoms with Crippen molar-refractivity contribution in [3.05, 3.63) is 34.9 Å². The summed E-state index contributed by atoms with van der Waals surface area (Å²) in [5.74, 6) is 0.146. The van der Waals surface area contributed by atoms with Crippen molar-refractivity contribution in [2.45, 2.75) is 44.6 Å². The monoisotopic (exact) mass is 294 g/mol. The lowest BCUT2D eigenvalue weighted by Crippen LogP contribution is -2.43. The van der Waals surface area contributed by atoms with Crippen LogP contribution in [0.2, 0.25) is 5.02 Å². The van der Waals surface area contributed by atoms with Crippen LogP contribution < -0.4 is 5.32 Å². The van der Waals surface area contributed by atoms with E-state index in [2.05, 4.69) is 5.32 Å². The summed E-state index contributed by atoms with van der Waals surface area (Å²) >= 11 is 5.94. The molecule has 2 saturated heterocycles. The van der Waals surface area contributed by atoms with Gasteiger partial charge in [0.2, 0.25) is 5.91 Å². The van der Waals surface area contributed by atoms with Gasteiger partial charge in [-0.1, -0.05) is 23.7 Å². The lowest BCUT2D eigenvalue weighted by molar-refractivity contribution is -0.133. The molecule has 20 heavy (non-hydrogen) atoms. The van der Waals surface area contributed by atoms with Crippen molar-refractivity contribution >= 4 is 17.5 Å². The smallest absolute Gasteiger partial charge is 0.241 e. The zero-order valence-corrected chi connectivity index (χ0v) is 12.4. The molecular formula is C15H19ClN2O2. The van der Waals surface area contributed by atoms with E-state index in [1.54, 1.807) is 0 Å². The second kappa shape index (κ2) is 5.35. The summed E-state index contributed by atoms with van der Waals surface area (Å²) in [4.78, 5) is 14.4. The van der Waals surface area contributed by atoms with E-state index in [9.17, 15) is 4.79 Å². The highest BCUT2D eigenvalue weighted by Gasteiger charge is 2.44. The van der Waals surface area contributed by atoms with Gasteiger partial charge in [-0.2, -0.15) is 0 Å². The van der Waals surface area contributed by atoms with Crippen LogP contribution in [0.3, 0.4) is 0 Å². The average Bonchev–Trinajstić information content (AvgIpc) is 2.96. The first-order valence-corrected chi connectivity index (χ1v) is 7.41. The van der Waals surface area contributed by atoms with Crippen LogP contribution in [0.5, 0.6) is 0 Å². The molecule has 1 N–H and O–H groups in total. The number of hydrogen-bond acceptors (Lipinski definition) is 3. The summed E-state index contributed by atoms with van der Waals surface area (Å²) in [7, 11) is 0. The Morgan fingerprint density at radius 1 is 1.30 bits per heavy atom. The number of rotatable bonds is 2. The predicted molar refractivity (Wildman–Crippen MR) is 77.5 cm³/mol. The Morgan fingerprint density at radius 3 is 2.60 bits per heavy atom. The number of nitrogens with zero attached hydrogens (tertiary/aromatic N) is 1. The second-order valence-corrected chi connectivity index (χ2v) is 5.96. The summed E-state index contributed by atoms with van der Waals surface area (Å²) in [5.41, 5.74) is 1.06. The van der Waals surface area contributed by atoms with Gasteiger partial charge in [-0.25, -0.2) is 0 Å². The van der Waals surface area contributed by atoms with Gasteiger partial charge in [0.15, 0.2) is 0 Å². The number of carbonyl (C=O) groups excluding carboxylic acids is 1. The number of halogens is 1. The summed E-state index contributed by atoms with van der Waals surface area (Å²) in [5, 5.41) is 4.07. The van der Waals surface area contributed by atoms with Crippen LogP contribution in [-0.4, -0.2) is 35.6 Å². The molecule has 4 unspecified atom stereocenters. The zero-order chi connectivity index (χ0) is 14.3. The summed E-state index contributed by atoms with van der Waals surface area (Å²) in [6, 6.07) is 7.64. The third kappa shape index (κ3) is 2.32. The van der Waals surface area contributed by atoms with Crippen LogP contribution in [-0.2, 0) is 9.53 Å². The fraction of sp³-hybridized carbons (Fsp3) is 0.533. The third-order valence-electron chi connectivity index (χ3n) is 4.19.